The monoisotopic (exact) mass is 368 g/mol. The van der Waals surface area contributed by atoms with Crippen LogP contribution < -0.4 is 5.32 Å². The Morgan fingerprint density at radius 3 is 2.56 bits per heavy atom. The Labute approximate surface area is 156 Å². The van der Waals surface area contributed by atoms with Crippen LogP contribution in [0.5, 0.6) is 0 Å². The number of nitrogens with zero attached hydrogens (tertiary/aromatic N) is 1. The molecule has 1 N–H and O–H groups in total. The van der Waals surface area contributed by atoms with Crippen LogP contribution in [0.4, 0.5) is 0 Å². The summed E-state index contributed by atoms with van der Waals surface area (Å²) in [6, 6.07) is 19.8. The number of nitrogens with one attached hydrogen (secondary N) is 1. The molecule has 126 valence electrons. The third-order valence-corrected chi connectivity index (χ3v) is 5.38. The van der Waals surface area contributed by atoms with E-state index in [1.807, 2.05) is 30.3 Å². The van der Waals surface area contributed by atoms with Gasteiger partial charge in [-0.1, -0.05) is 54.1 Å². The summed E-state index contributed by atoms with van der Waals surface area (Å²) in [4.78, 5) is 12.1. The van der Waals surface area contributed by atoms with E-state index in [2.05, 4.69) is 23.5 Å². The Hall–Kier alpha value is -2.22. The molecule has 0 aliphatic carbocycles. The Morgan fingerprint density at radius 1 is 1.16 bits per heavy atom. The zero-order valence-corrected chi connectivity index (χ0v) is 15.1. The van der Waals surface area contributed by atoms with Crippen molar-refractivity contribution in [1.29, 1.82) is 5.26 Å². The Balaban J connectivity index is 1.78. The molecule has 1 heterocycles. The van der Waals surface area contributed by atoms with Crippen LogP contribution in [0.1, 0.15) is 23.5 Å². The van der Waals surface area contributed by atoms with Crippen LogP contribution in [-0.4, -0.2) is 11.7 Å². The first-order chi connectivity index (χ1) is 12.2. The summed E-state index contributed by atoms with van der Waals surface area (Å²) in [7, 11) is 0. The second-order valence-electron chi connectivity index (χ2n) is 5.80. The van der Waals surface area contributed by atoms with E-state index in [9.17, 15) is 10.1 Å². The van der Waals surface area contributed by atoms with Gasteiger partial charge in [-0.2, -0.15) is 5.26 Å². The molecular weight excluding hydrogens is 352 g/mol. The number of nitriles is 1. The van der Waals surface area contributed by atoms with Gasteiger partial charge in [0.15, 0.2) is 0 Å². The third-order valence-electron chi connectivity index (χ3n) is 4.11. The average molecular weight is 369 g/mol. The molecule has 0 aromatic heterocycles. The van der Waals surface area contributed by atoms with Gasteiger partial charge < -0.3 is 5.32 Å². The summed E-state index contributed by atoms with van der Waals surface area (Å²) >= 11 is 7.47. The van der Waals surface area contributed by atoms with E-state index in [4.69, 9.17) is 11.6 Å². The largest absolute Gasteiger partial charge is 0.320 e. The molecule has 0 spiro atoms. The first kappa shape index (κ1) is 17.6. The highest BCUT2D eigenvalue weighted by Gasteiger charge is 2.29. The Kier molecular flexibility index (Phi) is 5.80. The molecule has 2 aromatic carbocycles. The summed E-state index contributed by atoms with van der Waals surface area (Å²) < 4.78 is 0. The van der Waals surface area contributed by atoms with Crippen molar-refractivity contribution in [3.63, 3.8) is 0 Å². The smallest absolute Gasteiger partial charge is 0.225 e. The van der Waals surface area contributed by atoms with Gasteiger partial charge in [0.2, 0.25) is 5.91 Å². The van der Waals surface area contributed by atoms with Gasteiger partial charge in [0.1, 0.15) is 0 Å². The van der Waals surface area contributed by atoms with Crippen LogP contribution in [0, 0.1) is 11.3 Å². The number of aryl methyl sites for hydroxylation is 1. The van der Waals surface area contributed by atoms with Crippen LogP contribution >= 0.6 is 23.4 Å². The highest BCUT2D eigenvalue weighted by molar-refractivity contribution is 8.03. The van der Waals surface area contributed by atoms with Gasteiger partial charge in [-0.3, -0.25) is 4.79 Å². The van der Waals surface area contributed by atoms with Crippen molar-refractivity contribution < 1.29 is 4.79 Å². The van der Waals surface area contributed by atoms with E-state index in [1.54, 1.807) is 12.1 Å². The molecule has 25 heavy (non-hydrogen) atoms. The van der Waals surface area contributed by atoms with Gasteiger partial charge in [0, 0.05) is 23.1 Å². The van der Waals surface area contributed by atoms with Crippen molar-refractivity contribution >= 4 is 29.3 Å². The highest BCUT2D eigenvalue weighted by atomic mass is 35.5. The van der Waals surface area contributed by atoms with Gasteiger partial charge in [0.05, 0.1) is 16.7 Å². The van der Waals surface area contributed by atoms with Crippen molar-refractivity contribution in [2.45, 2.75) is 18.8 Å². The summed E-state index contributed by atoms with van der Waals surface area (Å²) in [5, 5.41) is 13.8. The summed E-state index contributed by atoms with van der Waals surface area (Å²) in [5.74, 6) is 0.536. The van der Waals surface area contributed by atoms with Gasteiger partial charge in [-0.15, -0.1) is 11.8 Å². The minimum atomic E-state index is -0.213. The molecule has 1 unspecified atom stereocenters. The number of halogens is 1. The fourth-order valence-corrected chi connectivity index (χ4v) is 4.03. The van der Waals surface area contributed by atoms with Crippen LogP contribution in [0.25, 0.3) is 0 Å². The standard InChI is InChI=1S/C20H17ClN2OS/c21-16-8-6-15(7-9-16)17-12-19(24)23-20(18(17)13-22)25-11-10-14-4-2-1-3-5-14/h1-9,17H,10-12H2,(H,23,24). The number of rotatable bonds is 5. The average Bonchev–Trinajstić information content (AvgIpc) is 2.63. The predicted octanol–water partition coefficient (Wildman–Crippen LogP) is 4.65. The van der Waals surface area contributed by atoms with E-state index in [1.165, 1.54) is 17.3 Å². The Morgan fingerprint density at radius 2 is 1.88 bits per heavy atom. The van der Waals surface area contributed by atoms with Crippen LogP contribution in [0.3, 0.4) is 0 Å². The van der Waals surface area contributed by atoms with Crippen LogP contribution in [0.2, 0.25) is 5.02 Å². The lowest BCUT2D eigenvalue weighted by Crippen LogP contribution is -2.31. The lowest BCUT2D eigenvalue weighted by Gasteiger charge is -2.25. The molecule has 3 nitrogen and oxygen atoms in total. The minimum absolute atomic E-state index is 0.0545. The van der Waals surface area contributed by atoms with Gasteiger partial charge in [-0.05, 0) is 29.7 Å². The molecule has 0 saturated carbocycles. The topological polar surface area (TPSA) is 52.9 Å². The van der Waals surface area contributed by atoms with Crippen molar-refractivity contribution in [3.05, 3.63) is 81.3 Å². The number of carbonyl (C=O) groups is 1. The Bertz CT molecular complexity index is 825. The fraction of sp³-hybridized carbons (Fsp3) is 0.200. The number of benzene rings is 2. The molecule has 2 aromatic rings. The van der Waals surface area contributed by atoms with E-state index < -0.39 is 0 Å². The molecule has 0 saturated heterocycles. The van der Waals surface area contributed by atoms with Crippen LogP contribution in [-0.2, 0) is 11.2 Å². The predicted molar refractivity (Wildman–Crippen MR) is 102 cm³/mol. The van der Waals surface area contributed by atoms with Crippen molar-refractivity contribution in [1.82, 2.24) is 5.32 Å². The minimum Gasteiger partial charge on any atom is -0.320 e. The SMILES string of the molecule is N#CC1=C(SCCc2ccccc2)NC(=O)CC1c1ccc(Cl)cc1. The van der Waals surface area contributed by atoms with Gasteiger partial charge in [0.25, 0.3) is 0 Å². The van der Waals surface area contributed by atoms with Crippen molar-refractivity contribution in [2.24, 2.45) is 0 Å². The van der Waals surface area contributed by atoms with E-state index in [0.717, 1.165) is 17.7 Å². The maximum absolute atomic E-state index is 12.1. The molecule has 1 amide bonds. The normalized spacial score (nSPS) is 17.1. The molecule has 0 radical (unpaired) electrons. The maximum atomic E-state index is 12.1. The number of amides is 1. The van der Waals surface area contributed by atoms with Crippen molar-refractivity contribution in [2.75, 3.05) is 5.75 Å². The van der Waals surface area contributed by atoms with Gasteiger partial charge in [-0.25, -0.2) is 0 Å². The molecular formula is C20H17ClN2OS. The quantitative estimate of drug-likeness (QED) is 0.835. The first-order valence-corrected chi connectivity index (χ1v) is 9.40. The molecule has 0 fully saturated rings. The summed E-state index contributed by atoms with van der Waals surface area (Å²) in [6.45, 7) is 0. The van der Waals surface area contributed by atoms with E-state index >= 15 is 0 Å². The lowest BCUT2D eigenvalue weighted by atomic mass is 9.87. The van der Waals surface area contributed by atoms with Crippen LogP contribution in [0.15, 0.2) is 65.2 Å². The molecule has 0 bridgehead atoms. The van der Waals surface area contributed by atoms with E-state index in [-0.39, 0.29) is 18.2 Å². The maximum Gasteiger partial charge on any atom is 0.225 e. The third kappa shape index (κ3) is 4.45. The fourth-order valence-electron chi connectivity index (χ4n) is 2.83. The number of carbonyl (C=O) groups excluding carboxylic acids is 1. The zero-order chi connectivity index (χ0) is 17.6. The number of hydrogen-bond acceptors (Lipinski definition) is 3. The molecule has 1 aliphatic rings. The zero-order valence-electron chi connectivity index (χ0n) is 13.5. The van der Waals surface area contributed by atoms with Gasteiger partial charge >= 0.3 is 0 Å². The van der Waals surface area contributed by atoms with E-state index in [0.29, 0.717) is 15.6 Å². The highest BCUT2D eigenvalue weighted by Crippen LogP contribution is 2.36. The summed E-state index contributed by atoms with van der Waals surface area (Å²) in [5.41, 5.74) is 2.81. The second-order valence-corrected chi connectivity index (χ2v) is 7.34. The lowest BCUT2D eigenvalue weighted by molar-refractivity contribution is -0.120. The molecule has 1 atom stereocenters. The summed E-state index contributed by atoms with van der Waals surface area (Å²) in [6.07, 6.45) is 1.17. The number of hydrogen-bond donors (Lipinski definition) is 1. The van der Waals surface area contributed by atoms with Crippen molar-refractivity contribution in [3.8, 4) is 6.07 Å². The number of allylic oxidation sites excluding steroid dienone is 1. The second kappa shape index (κ2) is 8.24. The number of thioether (sulfide) groups is 1. The first-order valence-electron chi connectivity index (χ1n) is 8.03. The molecule has 1 aliphatic heterocycles. The molecule has 3 rings (SSSR count). The molecule has 5 heteroatoms.